The van der Waals surface area contributed by atoms with Gasteiger partial charge in [0.15, 0.2) is 0 Å². The fourth-order valence-corrected chi connectivity index (χ4v) is 3.96. The van der Waals surface area contributed by atoms with Crippen molar-refractivity contribution in [3.8, 4) is 0 Å². The molecule has 0 saturated heterocycles. The van der Waals surface area contributed by atoms with Gasteiger partial charge in [-0.2, -0.15) is 0 Å². The van der Waals surface area contributed by atoms with E-state index in [0.717, 1.165) is 24.8 Å². The summed E-state index contributed by atoms with van der Waals surface area (Å²) in [4.78, 5) is 4.27. The average Bonchev–Trinajstić information content (AvgIpc) is 2.39. The molecular weight excluding hydrogens is 244 g/mol. The molecule has 0 amide bonds. The smallest absolute Gasteiger partial charge is 0.0300 e. The Labute approximate surface area is 124 Å². The van der Waals surface area contributed by atoms with Crippen molar-refractivity contribution in [1.82, 2.24) is 10.3 Å². The van der Waals surface area contributed by atoms with E-state index >= 15 is 0 Å². The van der Waals surface area contributed by atoms with Gasteiger partial charge in [-0.15, -0.1) is 0 Å². The highest BCUT2D eigenvalue weighted by Crippen LogP contribution is 2.42. The molecular formula is C18H30N2. The third kappa shape index (κ3) is 3.82. The van der Waals surface area contributed by atoms with Gasteiger partial charge in [0.25, 0.3) is 0 Å². The van der Waals surface area contributed by atoms with Gasteiger partial charge >= 0.3 is 0 Å². The molecule has 0 bridgehead atoms. The quantitative estimate of drug-likeness (QED) is 0.875. The number of rotatable bonds is 5. The van der Waals surface area contributed by atoms with Gasteiger partial charge in [0.05, 0.1) is 0 Å². The first-order chi connectivity index (χ1) is 9.53. The van der Waals surface area contributed by atoms with E-state index in [1.54, 1.807) is 0 Å². The maximum absolute atomic E-state index is 4.27. The van der Waals surface area contributed by atoms with E-state index in [9.17, 15) is 0 Å². The number of nitrogens with one attached hydrogen (secondary N) is 1. The number of nitrogens with zero attached hydrogens (tertiary/aromatic N) is 1. The van der Waals surface area contributed by atoms with Crippen molar-refractivity contribution < 1.29 is 0 Å². The third-order valence-electron chi connectivity index (χ3n) is 4.97. The second-order valence-electron chi connectivity index (χ2n) is 7.22. The highest BCUT2D eigenvalue weighted by molar-refractivity contribution is 5.11. The molecule has 0 spiro atoms. The zero-order chi connectivity index (χ0) is 14.6. The molecule has 20 heavy (non-hydrogen) atoms. The van der Waals surface area contributed by atoms with Crippen LogP contribution in [-0.2, 0) is 6.42 Å². The number of hydrogen-bond donors (Lipinski definition) is 1. The van der Waals surface area contributed by atoms with Crippen LogP contribution in [0.1, 0.15) is 52.5 Å². The Morgan fingerprint density at radius 3 is 2.80 bits per heavy atom. The van der Waals surface area contributed by atoms with E-state index in [2.05, 4.69) is 50.1 Å². The van der Waals surface area contributed by atoms with Gasteiger partial charge in [-0.25, -0.2) is 0 Å². The summed E-state index contributed by atoms with van der Waals surface area (Å²) in [6, 6.07) is 4.94. The Balaban J connectivity index is 2.09. The van der Waals surface area contributed by atoms with Crippen molar-refractivity contribution >= 4 is 0 Å². The van der Waals surface area contributed by atoms with Crippen LogP contribution in [0.4, 0.5) is 0 Å². The Morgan fingerprint density at radius 1 is 1.35 bits per heavy atom. The molecule has 1 aliphatic carbocycles. The van der Waals surface area contributed by atoms with Crippen LogP contribution in [-0.4, -0.2) is 17.6 Å². The lowest BCUT2D eigenvalue weighted by Crippen LogP contribution is -2.47. The normalized spacial score (nSPS) is 27.5. The van der Waals surface area contributed by atoms with E-state index in [1.807, 2.05) is 12.4 Å². The third-order valence-corrected chi connectivity index (χ3v) is 4.97. The Kier molecular flexibility index (Phi) is 5.20. The molecule has 0 aliphatic heterocycles. The maximum Gasteiger partial charge on any atom is 0.0300 e. The molecule has 1 aromatic rings. The highest BCUT2D eigenvalue weighted by atomic mass is 14.9. The van der Waals surface area contributed by atoms with Crippen LogP contribution in [0.5, 0.6) is 0 Å². The second-order valence-corrected chi connectivity index (χ2v) is 7.22. The molecule has 0 aromatic carbocycles. The van der Waals surface area contributed by atoms with Gasteiger partial charge in [0.2, 0.25) is 0 Å². The van der Waals surface area contributed by atoms with Crippen LogP contribution in [0, 0.1) is 17.3 Å². The largest absolute Gasteiger partial charge is 0.314 e. The van der Waals surface area contributed by atoms with Gasteiger partial charge in [-0.05, 0) is 54.7 Å². The summed E-state index contributed by atoms with van der Waals surface area (Å²) in [7, 11) is 0. The van der Waals surface area contributed by atoms with Crippen LogP contribution in [0.3, 0.4) is 0 Å². The molecule has 3 atom stereocenters. The van der Waals surface area contributed by atoms with Crippen LogP contribution in [0.15, 0.2) is 24.5 Å². The molecule has 1 aromatic heterocycles. The van der Waals surface area contributed by atoms with Crippen molar-refractivity contribution in [3.63, 3.8) is 0 Å². The molecule has 0 radical (unpaired) electrons. The summed E-state index contributed by atoms with van der Waals surface area (Å²) in [6.07, 6.45) is 9.07. The molecule has 1 heterocycles. The SMILES string of the molecule is CCNC1CC(C)CCC1C(C)(C)Cc1cccnc1. The zero-order valence-corrected chi connectivity index (χ0v) is 13.5. The predicted molar refractivity (Wildman–Crippen MR) is 85.7 cm³/mol. The maximum atomic E-state index is 4.27. The molecule has 112 valence electrons. The Bertz CT molecular complexity index is 399. The molecule has 1 N–H and O–H groups in total. The zero-order valence-electron chi connectivity index (χ0n) is 13.5. The van der Waals surface area contributed by atoms with E-state index in [4.69, 9.17) is 0 Å². The lowest BCUT2D eigenvalue weighted by atomic mass is 9.64. The van der Waals surface area contributed by atoms with Gasteiger partial charge in [0.1, 0.15) is 0 Å². The lowest BCUT2D eigenvalue weighted by molar-refractivity contribution is 0.0949. The van der Waals surface area contributed by atoms with E-state index in [0.29, 0.717) is 11.5 Å². The summed E-state index contributed by atoms with van der Waals surface area (Å²) in [5, 5.41) is 3.74. The number of pyridine rings is 1. The van der Waals surface area contributed by atoms with E-state index in [-0.39, 0.29) is 0 Å². The minimum Gasteiger partial charge on any atom is -0.314 e. The molecule has 3 unspecified atom stereocenters. The summed E-state index contributed by atoms with van der Waals surface area (Å²) in [5.41, 5.74) is 1.70. The summed E-state index contributed by atoms with van der Waals surface area (Å²) < 4.78 is 0. The summed E-state index contributed by atoms with van der Waals surface area (Å²) in [6.45, 7) is 10.6. The van der Waals surface area contributed by atoms with Crippen LogP contribution in [0.2, 0.25) is 0 Å². The van der Waals surface area contributed by atoms with Gasteiger partial charge in [0, 0.05) is 18.4 Å². The summed E-state index contributed by atoms with van der Waals surface area (Å²) >= 11 is 0. The first-order valence-corrected chi connectivity index (χ1v) is 8.15. The van der Waals surface area contributed by atoms with Crippen LogP contribution in [0.25, 0.3) is 0 Å². The van der Waals surface area contributed by atoms with Crippen molar-refractivity contribution in [1.29, 1.82) is 0 Å². The lowest BCUT2D eigenvalue weighted by Gasteiger charge is -2.44. The highest BCUT2D eigenvalue weighted by Gasteiger charge is 2.38. The minimum absolute atomic E-state index is 0.329. The van der Waals surface area contributed by atoms with Gasteiger partial charge < -0.3 is 5.32 Å². The van der Waals surface area contributed by atoms with Crippen molar-refractivity contribution in [2.75, 3.05) is 6.54 Å². The topological polar surface area (TPSA) is 24.9 Å². The first-order valence-electron chi connectivity index (χ1n) is 8.15. The molecule has 2 rings (SSSR count). The molecule has 1 fully saturated rings. The minimum atomic E-state index is 0.329. The average molecular weight is 274 g/mol. The Morgan fingerprint density at radius 2 is 2.15 bits per heavy atom. The Hall–Kier alpha value is -0.890. The molecule has 2 heteroatoms. The summed E-state index contributed by atoms with van der Waals surface area (Å²) in [5.74, 6) is 1.63. The molecule has 1 saturated carbocycles. The van der Waals surface area contributed by atoms with Crippen molar-refractivity contribution in [3.05, 3.63) is 30.1 Å². The first kappa shape index (κ1) is 15.5. The number of aromatic nitrogens is 1. The van der Waals surface area contributed by atoms with E-state index in [1.165, 1.54) is 24.8 Å². The fourth-order valence-electron chi connectivity index (χ4n) is 3.96. The second kappa shape index (κ2) is 6.71. The molecule has 1 aliphatic rings. The van der Waals surface area contributed by atoms with Crippen molar-refractivity contribution in [2.45, 2.75) is 59.4 Å². The van der Waals surface area contributed by atoms with Crippen LogP contribution >= 0.6 is 0 Å². The predicted octanol–water partition coefficient (Wildman–Crippen LogP) is 4.06. The van der Waals surface area contributed by atoms with Crippen LogP contribution < -0.4 is 5.32 Å². The standard InChI is InChI=1S/C18H30N2/c1-5-20-17-11-14(2)8-9-16(17)18(3,4)12-15-7-6-10-19-13-15/h6-7,10,13-14,16-17,20H,5,8-9,11-12H2,1-4H3. The fraction of sp³-hybridized carbons (Fsp3) is 0.722. The monoisotopic (exact) mass is 274 g/mol. The number of hydrogen-bond acceptors (Lipinski definition) is 2. The van der Waals surface area contributed by atoms with Gasteiger partial charge in [-0.1, -0.05) is 40.2 Å². The molecule has 2 nitrogen and oxygen atoms in total. The van der Waals surface area contributed by atoms with Crippen molar-refractivity contribution in [2.24, 2.45) is 17.3 Å². The van der Waals surface area contributed by atoms with E-state index < -0.39 is 0 Å². The van der Waals surface area contributed by atoms with Gasteiger partial charge in [-0.3, -0.25) is 4.98 Å².